The fourth-order valence-corrected chi connectivity index (χ4v) is 3.84. The molecule has 0 bridgehead atoms. The second-order valence-corrected chi connectivity index (χ2v) is 8.87. The number of rotatable bonds is 7. The van der Waals surface area contributed by atoms with E-state index in [9.17, 15) is 14.4 Å². The first-order valence-corrected chi connectivity index (χ1v) is 12.0. The number of carbonyl (C=O) groups is 3. The molecule has 1 aliphatic heterocycles. The lowest BCUT2D eigenvalue weighted by atomic mass is 9.94. The van der Waals surface area contributed by atoms with Crippen LogP contribution < -0.4 is 10.8 Å². The van der Waals surface area contributed by atoms with Gasteiger partial charge in [0.2, 0.25) is 17.7 Å². The smallest absolute Gasteiger partial charge is 0.245 e. The van der Waals surface area contributed by atoms with Gasteiger partial charge in [-0.3, -0.25) is 19.6 Å². The highest BCUT2D eigenvalue weighted by atomic mass is 32.2. The second-order valence-electron chi connectivity index (χ2n) is 7.88. The third kappa shape index (κ3) is 9.67. The zero-order valence-corrected chi connectivity index (χ0v) is 18.8. The van der Waals surface area contributed by atoms with Crippen LogP contribution in [0, 0.1) is 11.8 Å². The number of hydroxylamine groups is 1. The molecule has 0 spiro atoms. The Morgan fingerprint density at radius 2 is 2.00 bits per heavy atom. The number of hydrogen-bond acceptors (Lipinski definition) is 5. The number of nitrogens with zero attached hydrogens (tertiary/aromatic N) is 1. The van der Waals surface area contributed by atoms with Crippen LogP contribution in [0.5, 0.6) is 0 Å². The Morgan fingerprint density at radius 1 is 1.31 bits per heavy atom. The molecule has 2 atom stereocenters. The van der Waals surface area contributed by atoms with Crippen LogP contribution in [0.15, 0.2) is 12.2 Å². The molecule has 0 saturated carbocycles. The lowest BCUT2D eigenvalue weighted by Crippen LogP contribution is -2.53. The quantitative estimate of drug-likeness (QED) is 0.251. The lowest BCUT2D eigenvalue weighted by Gasteiger charge is -2.31. The first-order valence-electron chi connectivity index (χ1n) is 10.6. The van der Waals surface area contributed by atoms with Crippen LogP contribution in [-0.4, -0.2) is 59.0 Å². The van der Waals surface area contributed by atoms with Crippen LogP contribution in [0.4, 0.5) is 0 Å². The van der Waals surface area contributed by atoms with Gasteiger partial charge in [-0.25, -0.2) is 5.48 Å². The molecule has 0 radical (unpaired) electrons. The predicted octanol–water partition coefficient (Wildman–Crippen LogP) is 2.74. The van der Waals surface area contributed by atoms with Gasteiger partial charge < -0.3 is 10.2 Å². The van der Waals surface area contributed by atoms with Gasteiger partial charge in [-0.1, -0.05) is 26.0 Å². The first kappa shape index (κ1) is 25.5. The van der Waals surface area contributed by atoms with Crippen LogP contribution >= 0.6 is 11.8 Å². The van der Waals surface area contributed by atoms with Crippen LogP contribution in [-0.2, 0) is 14.4 Å². The van der Waals surface area contributed by atoms with Crippen LogP contribution in [0.1, 0.15) is 58.8 Å². The van der Waals surface area contributed by atoms with Crippen molar-refractivity contribution in [1.82, 2.24) is 15.7 Å². The lowest BCUT2D eigenvalue weighted by molar-refractivity contribution is -0.140. The van der Waals surface area contributed by atoms with Crippen molar-refractivity contribution >= 4 is 29.5 Å². The molecular weight excluding hydrogens is 390 g/mol. The molecule has 3 N–H and O–H groups in total. The molecule has 0 unspecified atom stereocenters. The minimum absolute atomic E-state index is 0.0548. The summed E-state index contributed by atoms with van der Waals surface area (Å²) in [6.45, 7) is 5.19. The van der Waals surface area contributed by atoms with Crippen LogP contribution in [0.25, 0.3) is 0 Å². The van der Waals surface area contributed by atoms with Gasteiger partial charge >= 0.3 is 0 Å². The van der Waals surface area contributed by atoms with Crippen LogP contribution in [0.3, 0.4) is 0 Å². The zero-order chi connectivity index (χ0) is 21.6. The third-order valence-electron chi connectivity index (χ3n) is 5.13. The Labute approximate surface area is 179 Å². The van der Waals surface area contributed by atoms with Crippen molar-refractivity contribution in [3.63, 3.8) is 0 Å². The zero-order valence-electron chi connectivity index (χ0n) is 18.0. The Balaban J connectivity index is 3.02. The minimum Gasteiger partial charge on any atom is -0.344 e. The van der Waals surface area contributed by atoms with E-state index in [0.717, 1.165) is 37.9 Å². The number of hydrogen-bond donors (Lipinski definition) is 3. The van der Waals surface area contributed by atoms with E-state index >= 15 is 0 Å². The number of thioether (sulfide) groups is 1. The maximum absolute atomic E-state index is 13.2. The molecule has 166 valence electrons. The highest BCUT2D eigenvalue weighted by molar-refractivity contribution is 7.98. The SMILES string of the molecule is CSCCCN1CCCC=CCCC[C@H](CC(=O)NO)C(=O)N[C@@H](C(C)C)C1=O. The molecule has 0 aliphatic carbocycles. The highest BCUT2D eigenvalue weighted by Crippen LogP contribution is 2.17. The molecule has 8 heteroatoms. The van der Waals surface area contributed by atoms with Gasteiger partial charge in [0.1, 0.15) is 6.04 Å². The molecule has 0 aromatic heterocycles. The van der Waals surface area contributed by atoms with Crippen molar-refractivity contribution in [2.24, 2.45) is 11.8 Å². The molecule has 0 aromatic carbocycles. The molecule has 0 fully saturated rings. The highest BCUT2D eigenvalue weighted by Gasteiger charge is 2.31. The van der Waals surface area contributed by atoms with Crippen molar-refractivity contribution < 1.29 is 19.6 Å². The maximum atomic E-state index is 13.2. The molecule has 1 aliphatic rings. The number of amides is 3. The van der Waals surface area contributed by atoms with E-state index in [1.807, 2.05) is 18.7 Å². The Morgan fingerprint density at radius 3 is 2.62 bits per heavy atom. The van der Waals surface area contributed by atoms with Crippen LogP contribution in [0.2, 0.25) is 0 Å². The molecule has 3 amide bonds. The first-order chi connectivity index (χ1) is 13.9. The fraction of sp³-hybridized carbons (Fsp3) is 0.762. The number of nitrogens with one attached hydrogen (secondary N) is 2. The predicted molar refractivity (Wildman–Crippen MR) is 117 cm³/mol. The van der Waals surface area contributed by atoms with Gasteiger partial charge in [-0.2, -0.15) is 11.8 Å². The topological polar surface area (TPSA) is 98.7 Å². The fourth-order valence-electron chi connectivity index (χ4n) is 3.43. The van der Waals surface area contributed by atoms with E-state index < -0.39 is 17.9 Å². The summed E-state index contributed by atoms with van der Waals surface area (Å²) in [7, 11) is 0. The van der Waals surface area contributed by atoms with E-state index in [2.05, 4.69) is 23.7 Å². The van der Waals surface area contributed by atoms with Gasteiger partial charge in [0.25, 0.3) is 0 Å². The van der Waals surface area contributed by atoms with Crippen molar-refractivity contribution in [1.29, 1.82) is 0 Å². The van der Waals surface area contributed by atoms with Crippen molar-refractivity contribution in [3.8, 4) is 0 Å². The normalized spacial score (nSPS) is 22.3. The summed E-state index contributed by atoms with van der Waals surface area (Å²) in [5, 5.41) is 11.7. The van der Waals surface area contributed by atoms with E-state index in [1.165, 1.54) is 0 Å². The standard InChI is InChI=1S/C21H37N3O4S/c1-16(2)19-21(27)24(13-10-14-29-3)12-9-7-5-4-6-8-11-17(20(26)22-19)15-18(25)23-28/h4-5,16-17,19,28H,6-15H2,1-3H3,(H,22,26)(H,23,25)/t17-,19+/m1/s1. The average molecular weight is 428 g/mol. The molecule has 29 heavy (non-hydrogen) atoms. The third-order valence-corrected chi connectivity index (χ3v) is 5.83. The molecular formula is C21H37N3O4S. The summed E-state index contributed by atoms with van der Waals surface area (Å²) >= 11 is 1.76. The molecule has 1 heterocycles. The summed E-state index contributed by atoms with van der Waals surface area (Å²) in [6.07, 6.45) is 11.1. The molecule has 0 saturated heterocycles. The van der Waals surface area contributed by atoms with Gasteiger partial charge in [-0.05, 0) is 56.5 Å². The molecule has 7 nitrogen and oxygen atoms in total. The summed E-state index contributed by atoms with van der Waals surface area (Å²) in [4.78, 5) is 39.7. The minimum atomic E-state index is -0.616. The van der Waals surface area contributed by atoms with Gasteiger partial charge in [0, 0.05) is 25.4 Å². The monoisotopic (exact) mass is 427 g/mol. The van der Waals surface area contributed by atoms with E-state index in [-0.39, 0.29) is 24.2 Å². The van der Waals surface area contributed by atoms with Crippen molar-refractivity contribution in [2.45, 2.75) is 64.8 Å². The Hall–Kier alpha value is -1.54. The summed E-state index contributed by atoms with van der Waals surface area (Å²) in [5.41, 5.74) is 1.61. The Bertz CT molecular complexity index is 554. The number of allylic oxidation sites excluding steroid dienone is 2. The van der Waals surface area contributed by atoms with E-state index in [4.69, 9.17) is 5.21 Å². The molecule has 1 rings (SSSR count). The second kappa shape index (κ2) is 14.4. The van der Waals surface area contributed by atoms with Crippen molar-refractivity contribution in [3.05, 3.63) is 12.2 Å². The Kier molecular flexibility index (Phi) is 12.7. The van der Waals surface area contributed by atoms with Gasteiger partial charge in [-0.15, -0.1) is 0 Å². The van der Waals surface area contributed by atoms with Crippen molar-refractivity contribution in [2.75, 3.05) is 25.1 Å². The largest absolute Gasteiger partial charge is 0.344 e. The summed E-state index contributed by atoms with van der Waals surface area (Å²) in [6, 6.07) is -0.616. The molecule has 0 aromatic rings. The average Bonchev–Trinajstić information content (AvgIpc) is 2.69. The van der Waals surface area contributed by atoms with Gasteiger partial charge in [0.05, 0.1) is 0 Å². The summed E-state index contributed by atoms with van der Waals surface area (Å²) < 4.78 is 0. The van der Waals surface area contributed by atoms with Gasteiger partial charge in [0.15, 0.2) is 0 Å². The number of carbonyl (C=O) groups excluding carboxylic acids is 3. The maximum Gasteiger partial charge on any atom is 0.245 e. The van der Waals surface area contributed by atoms with E-state index in [0.29, 0.717) is 19.5 Å². The summed E-state index contributed by atoms with van der Waals surface area (Å²) in [5.74, 6) is -0.590. The van der Waals surface area contributed by atoms with E-state index in [1.54, 1.807) is 17.2 Å².